The van der Waals surface area contributed by atoms with Crippen LogP contribution in [-0.4, -0.2) is 36.9 Å². The number of aryl methyl sites for hydroxylation is 2. The second-order valence-corrected chi connectivity index (χ2v) is 7.66. The van der Waals surface area contributed by atoms with Crippen LogP contribution in [0.1, 0.15) is 42.9 Å². The van der Waals surface area contributed by atoms with Crippen LogP contribution in [0, 0.1) is 12.8 Å². The Morgan fingerprint density at radius 2 is 1.83 bits per heavy atom. The third-order valence-electron chi connectivity index (χ3n) is 4.54. The van der Waals surface area contributed by atoms with Gasteiger partial charge in [0.05, 0.1) is 22.1 Å². The van der Waals surface area contributed by atoms with Crippen LogP contribution in [0.25, 0.3) is 0 Å². The minimum atomic E-state index is -1.25. The van der Waals surface area contributed by atoms with Gasteiger partial charge in [0.1, 0.15) is 10.8 Å². The maximum atomic E-state index is 12.4. The summed E-state index contributed by atoms with van der Waals surface area (Å²) >= 11 is 0. The Morgan fingerprint density at radius 3 is 2.30 bits per heavy atom. The maximum absolute atomic E-state index is 12.4. The fourth-order valence-corrected chi connectivity index (χ4v) is 4.43. The standard InChI is InChI=1S/C16H20N2O4S/c1-8-13(16(23(3)22)18(2)17-8)10-6-11(19)14(12(20)7-10)15(21)9-4-5-9/h9-10,21H,4-7H2,1-3H3. The van der Waals surface area contributed by atoms with Crippen LogP contribution >= 0.6 is 0 Å². The largest absolute Gasteiger partial charge is 0.511 e. The van der Waals surface area contributed by atoms with E-state index < -0.39 is 10.8 Å². The number of rotatable bonds is 3. The van der Waals surface area contributed by atoms with E-state index in [1.807, 2.05) is 0 Å². The van der Waals surface area contributed by atoms with Crippen molar-refractivity contribution in [3.8, 4) is 0 Å². The van der Waals surface area contributed by atoms with Gasteiger partial charge in [-0.25, -0.2) is 0 Å². The van der Waals surface area contributed by atoms with Gasteiger partial charge in [0, 0.05) is 43.5 Å². The fraction of sp³-hybridized carbons (Fsp3) is 0.562. The molecule has 3 rings (SSSR count). The molecule has 23 heavy (non-hydrogen) atoms. The molecular weight excluding hydrogens is 316 g/mol. The number of carbonyl (C=O) groups is 2. The Labute approximate surface area is 137 Å². The highest BCUT2D eigenvalue weighted by molar-refractivity contribution is 7.84. The topological polar surface area (TPSA) is 89.3 Å². The van der Waals surface area contributed by atoms with Gasteiger partial charge in [0.15, 0.2) is 11.6 Å². The van der Waals surface area contributed by atoms with Crippen LogP contribution in [-0.2, 0) is 27.4 Å². The molecule has 2 aliphatic rings. The number of hydrogen-bond acceptors (Lipinski definition) is 5. The van der Waals surface area contributed by atoms with E-state index in [2.05, 4.69) is 5.10 Å². The third-order valence-corrected chi connectivity index (χ3v) is 5.56. The Hall–Kier alpha value is -1.76. The van der Waals surface area contributed by atoms with Gasteiger partial charge < -0.3 is 5.11 Å². The number of aliphatic hydroxyl groups excluding tert-OH is 1. The lowest BCUT2D eigenvalue weighted by Gasteiger charge is -2.23. The molecule has 2 aliphatic carbocycles. The first-order valence-corrected chi connectivity index (χ1v) is 9.23. The zero-order valence-corrected chi connectivity index (χ0v) is 14.3. The molecule has 0 bridgehead atoms. The first-order chi connectivity index (χ1) is 10.8. The Bertz CT molecular complexity index is 738. The summed E-state index contributed by atoms with van der Waals surface area (Å²) in [7, 11) is 0.458. The lowest BCUT2D eigenvalue weighted by atomic mass is 9.79. The molecule has 124 valence electrons. The minimum absolute atomic E-state index is 0.00976. The Kier molecular flexibility index (Phi) is 4.00. The monoisotopic (exact) mass is 336 g/mol. The lowest BCUT2D eigenvalue weighted by molar-refractivity contribution is -0.124. The van der Waals surface area contributed by atoms with Crippen LogP contribution < -0.4 is 0 Å². The van der Waals surface area contributed by atoms with E-state index in [4.69, 9.17) is 0 Å². The molecule has 0 amide bonds. The number of Topliss-reactive ketones (excluding diaryl/α,β-unsaturated/α-hetero) is 2. The summed E-state index contributed by atoms with van der Waals surface area (Å²) in [4.78, 5) is 24.8. The van der Waals surface area contributed by atoms with Gasteiger partial charge in [0.25, 0.3) is 0 Å². The number of carbonyl (C=O) groups excluding carboxylic acids is 2. The Balaban J connectivity index is 1.97. The normalized spacial score (nSPS) is 23.3. The van der Waals surface area contributed by atoms with Crippen molar-refractivity contribution < 1.29 is 18.9 Å². The average molecular weight is 336 g/mol. The van der Waals surface area contributed by atoms with E-state index in [-0.39, 0.29) is 47.6 Å². The quantitative estimate of drug-likeness (QED) is 0.515. The van der Waals surface area contributed by atoms with E-state index in [1.54, 1.807) is 24.9 Å². The number of nitrogens with zero attached hydrogens (tertiary/aromatic N) is 2. The van der Waals surface area contributed by atoms with Crippen molar-refractivity contribution in [2.45, 2.75) is 43.6 Å². The van der Waals surface area contributed by atoms with Crippen LogP contribution in [0.2, 0.25) is 0 Å². The minimum Gasteiger partial charge on any atom is -0.511 e. The van der Waals surface area contributed by atoms with Crippen molar-refractivity contribution in [1.29, 1.82) is 0 Å². The maximum Gasteiger partial charge on any atom is 0.170 e. The molecule has 1 aromatic rings. The molecule has 6 nitrogen and oxygen atoms in total. The molecule has 0 radical (unpaired) electrons. The summed E-state index contributed by atoms with van der Waals surface area (Å²) in [5.41, 5.74) is 1.42. The zero-order chi connectivity index (χ0) is 16.9. The molecule has 1 unspecified atom stereocenters. The number of ketones is 2. The smallest absolute Gasteiger partial charge is 0.170 e. The van der Waals surface area contributed by atoms with E-state index in [1.165, 1.54) is 0 Å². The summed E-state index contributed by atoms with van der Waals surface area (Å²) < 4.78 is 13.6. The molecule has 2 fully saturated rings. The van der Waals surface area contributed by atoms with Gasteiger partial charge in [0.2, 0.25) is 0 Å². The summed E-state index contributed by atoms with van der Waals surface area (Å²) in [6, 6.07) is 0. The summed E-state index contributed by atoms with van der Waals surface area (Å²) in [5.74, 6) is -0.995. The van der Waals surface area contributed by atoms with Crippen LogP contribution in [0.5, 0.6) is 0 Å². The second-order valence-electron chi connectivity index (χ2n) is 6.37. The molecular formula is C16H20N2O4S. The predicted octanol–water partition coefficient (Wildman–Crippen LogP) is 1.70. The van der Waals surface area contributed by atoms with E-state index in [0.717, 1.165) is 18.4 Å². The first kappa shape index (κ1) is 16.1. The van der Waals surface area contributed by atoms with Crippen LogP contribution in [0.15, 0.2) is 16.4 Å². The van der Waals surface area contributed by atoms with Crippen molar-refractivity contribution >= 4 is 22.4 Å². The highest BCUT2D eigenvalue weighted by atomic mass is 32.2. The van der Waals surface area contributed by atoms with E-state index >= 15 is 0 Å². The number of aliphatic hydroxyl groups is 1. The van der Waals surface area contributed by atoms with Crippen molar-refractivity contribution in [2.24, 2.45) is 13.0 Å². The van der Waals surface area contributed by atoms with Crippen molar-refractivity contribution in [1.82, 2.24) is 9.78 Å². The predicted molar refractivity (Wildman–Crippen MR) is 84.6 cm³/mol. The lowest BCUT2D eigenvalue weighted by Crippen LogP contribution is -2.27. The van der Waals surface area contributed by atoms with E-state index in [0.29, 0.717) is 10.7 Å². The molecule has 1 heterocycles. The van der Waals surface area contributed by atoms with Gasteiger partial charge in [-0.2, -0.15) is 5.10 Å². The molecule has 0 spiro atoms. The highest BCUT2D eigenvalue weighted by Gasteiger charge is 2.40. The molecule has 2 saturated carbocycles. The SMILES string of the molecule is Cc1nn(C)c(S(C)=O)c1C1CC(=O)C(=C(O)C2CC2)C(=O)C1. The molecule has 0 aromatic carbocycles. The average Bonchev–Trinajstić information content (AvgIpc) is 3.22. The molecule has 1 aromatic heterocycles. The van der Waals surface area contributed by atoms with E-state index in [9.17, 15) is 18.9 Å². The molecule has 1 atom stereocenters. The summed E-state index contributed by atoms with van der Waals surface area (Å²) in [5, 5.41) is 14.9. The number of allylic oxidation sites excluding steroid dienone is 2. The zero-order valence-electron chi connectivity index (χ0n) is 13.5. The fourth-order valence-electron chi connectivity index (χ4n) is 3.39. The number of hydrogen-bond donors (Lipinski definition) is 1. The van der Waals surface area contributed by atoms with Gasteiger partial charge in [-0.1, -0.05) is 0 Å². The van der Waals surface area contributed by atoms with Crippen LogP contribution in [0.4, 0.5) is 0 Å². The van der Waals surface area contributed by atoms with Crippen molar-refractivity contribution in [3.63, 3.8) is 0 Å². The molecule has 7 heteroatoms. The first-order valence-electron chi connectivity index (χ1n) is 7.67. The Morgan fingerprint density at radius 1 is 1.26 bits per heavy atom. The van der Waals surface area contributed by atoms with Gasteiger partial charge in [-0.05, 0) is 19.8 Å². The third kappa shape index (κ3) is 2.78. The number of aromatic nitrogens is 2. The molecule has 0 aliphatic heterocycles. The van der Waals surface area contributed by atoms with Gasteiger partial charge in [-0.3, -0.25) is 18.5 Å². The van der Waals surface area contributed by atoms with Crippen LogP contribution in [0.3, 0.4) is 0 Å². The summed E-state index contributed by atoms with van der Waals surface area (Å²) in [6.45, 7) is 1.80. The van der Waals surface area contributed by atoms with Crippen molar-refractivity contribution in [3.05, 3.63) is 22.6 Å². The second kappa shape index (κ2) is 5.70. The van der Waals surface area contributed by atoms with Crippen molar-refractivity contribution in [2.75, 3.05) is 6.26 Å². The van der Waals surface area contributed by atoms with Gasteiger partial charge >= 0.3 is 0 Å². The summed E-state index contributed by atoms with van der Waals surface area (Å²) in [6.07, 6.45) is 3.53. The van der Waals surface area contributed by atoms with Gasteiger partial charge in [-0.15, -0.1) is 0 Å². The molecule has 1 N–H and O–H groups in total. The highest BCUT2D eigenvalue weighted by Crippen LogP contribution is 2.41. The molecule has 0 saturated heterocycles.